The molecule has 0 aliphatic heterocycles. The highest BCUT2D eigenvalue weighted by Gasteiger charge is 2.09. The van der Waals surface area contributed by atoms with Crippen molar-refractivity contribution in [3.05, 3.63) is 59.1 Å². The van der Waals surface area contributed by atoms with Crippen LogP contribution in [0.3, 0.4) is 0 Å². The van der Waals surface area contributed by atoms with E-state index in [1.165, 1.54) is 11.8 Å². The second-order valence-corrected chi connectivity index (χ2v) is 5.90. The molecule has 100 valence electrons. The zero-order valence-corrected chi connectivity index (χ0v) is 12.1. The number of hydrogen-bond acceptors (Lipinski definition) is 2. The largest absolute Gasteiger partial charge is 0.384 e. The molecule has 20 heavy (non-hydrogen) atoms. The number of aromatic amines is 1. The first kappa shape index (κ1) is 13.1. The molecule has 3 nitrogen and oxygen atoms in total. The summed E-state index contributed by atoms with van der Waals surface area (Å²) >= 11 is 7.55. The van der Waals surface area contributed by atoms with E-state index in [0.717, 1.165) is 20.8 Å². The first-order valence-electron chi connectivity index (χ1n) is 6.03. The van der Waals surface area contributed by atoms with Gasteiger partial charge < -0.3 is 10.7 Å². The third-order valence-corrected chi connectivity index (χ3v) is 4.19. The number of para-hydroxylation sites is 1. The summed E-state index contributed by atoms with van der Waals surface area (Å²) in [6.45, 7) is 0. The van der Waals surface area contributed by atoms with Gasteiger partial charge in [0.15, 0.2) is 0 Å². The number of H-pyrrole nitrogens is 1. The maximum absolute atomic E-state index is 7.63. The minimum absolute atomic E-state index is 0.0419. The van der Waals surface area contributed by atoms with Gasteiger partial charge in [-0.2, -0.15) is 0 Å². The second kappa shape index (κ2) is 5.23. The van der Waals surface area contributed by atoms with Crippen molar-refractivity contribution in [2.75, 3.05) is 0 Å². The molecule has 4 N–H and O–H groups in total. The lowest BCUT2D eigenvalue weighted by atomic mass is 10.2. The molecule has 1 aromatic heterocycles. The number of nitrogen functional groups attached to an aromatic ring is 1. The Morgan fingerprint density at radius 1 is 1.15 bits per heavy atom. The smallest absolute Gasteiger partial charge is 0.123 e. The lowest BCUT2D eigenvalue weighted by Gasteiger charge is -2.07. The molecule has 3 aromatic rings. The summed E-state index contributed by atoms with van der Waals surface area (Å²) in [7, 11) is 0. The molecule has 0 saturated carbocycles. The molecule has 0 unspecified atom stereocenters. The van der Waals surface area contributed by atoms with Gasteiger partial charge in [-0.15, -0.1) is 0 Å². The second-order valence-electron chi connectivity index (χ2n) is 4.38. The van der Waals surface area contributed by atoms with E-state index in [4.69, 9.17) is 22.7 Å². The molecule has 1 heterocycles. The summed E-state index contributed by atoms with van der Waals surface area (Å²) in [5.41, 5.74) is 7.39. The summed E-state index contributed by atoms with van der Waals surface area (Å²) in [6, 6.07) is 15.5. The Hall–Kier alpha value is -1.91. The molecule has 5 heteroatoms. The molecule has 0 spiro atoms. The summed E-state index contributed by atoms with van der Waals surface area (Å²) in [4.78, 5) is 4.21. The van der Waals surface area contributed by atoms with E-state index >= 15 is 0 Å². The van der Waals surface area contributed by atoms with Gasteiger partial charge in [0.05, 0.1) is 5.03 Å². The summed E-state index contributed by atoms with van der Waals surface area (Å²) in [5, 5.41) is 10.4. The van der Waals surface area contributed by atoms with Crippen molar-refractivity contribution in [3.8, 4) is 0 Å². The Morgan fingerprint density at radius 3 is 2.70 bits per heavy atom. The predicted octanol–water partition coefficient (Wildman–Crippen LogP) is 4.26. The molecule has 0 aliphatic carbocycles. The highest BCUT2D eigenvalue weighted by molar-refractivity contribution is 7.99. The number of halogens is 1. The maximum atomic E-state index is 7.63. The van der Waals surface area contributed by atoms with Crippen molar-refractivity contribution in [2.24, 2.45) is 5.73 Å². The van der Waals surface area contributed by atoms with Crippen LogP contribution in [-0.4, -0.2) is 10.8 Å². The molecule has 0 atom stereocenters. The fourth-order valence-electron chi connectivity index (χ4n) is 2.02. The van der Waals surface area contributed by atoms with Crippen LogP contribution in [0.25, 0.3) is 10.9 Å². The van der Waals surface area contributed by atoms with Crippen LogP contribution in [0.4, 0.5) is 0 Å². The monoisotopic (exact) mass is 301 g/mol. The van der Waals surface area contributed by atoms with Crippen molar-refractivity contribution in [1.82, 2.24) is 4.98 Å². The van der Waals surface area contributed by atoms with Gasteiger partial charge in [-0.05, 0) is 30.3 Å². The number of fused-ring (bicyclic) bond motifs is 1. The van der Waals surface area contributed by atoms with E-state index in [1.807, 2.05) is 24.3 Å². The zero-order chi connectivity index (χ0) is 14.1. The highest BCUT2D eigenvalue weighted by atomic mass is 35.5. The SMILES string of the molecule is N=C(N)c1ccc(Cl)cc1Sc1cc2ccccc2[nH]1. The number of hydrogen-bond donors (Lipinski definition) is 3. The average Bonchev–Trinajstić information content (AvgIpc) is 2.80. The van der Waals surface area contributed by atoms with Crippen LogP contribution in [0.1, 0.15) is 5.56 Å². The van der Waals surface area contributed by atoms with Gasteiger partial charge in [0, 0.05) is 26.4 Å². The van der Waals surface area contributed by atoms with Gasteiger partial charge >= 0.3 is 0 Å². The lowest BCUT2D eigenvalue weighted by molar-refractivity contribution is 1.23. The van der Waals surface area contributed by atoms with Crippen molar-refractivity contribution in [1.29, 1.82) is 5.41 Å². The van der Waals surface area contributed by atoms with Crippen LogP contribution in [0, 0.1) is 5.41 Å². The number of nitrogens with one attached hydrogen (secondary N) is 2. The molecule has 0 amide bonds. The summed E-state index contributed by atoms with van der Waals surface area (Å²) in [5.74, 6) is 0.0419. The fraction of sp³-hybridized carbons (Fsp3) is 0. The van der Waals surface area contributed by atoms with E-state index in [-0.39, 0.29) is 5.84 Å². The van der Waals surface area contributed by atoms with E-state index < -0.39 is 0 Å². The Bertz CT molecular complexity index is 762. The van der Waals surface area contributed by atoms with Crippen molar-refractivity contribution >= 4 is 40.1 Å². The molecule has 0 saturated heterocycles. The minimum atomic E-state index is 0.0419. The molecule has 0 aliphatic rings. The summed E-state index contributed by atoms with van der Waals surface area (Å²) < 4.78 is 0. The summed E-state index contributed by atoms with van der Waals surface area (Å²) in [6.07, 6.45) is 0. The van der Waals surface area contributed by atoms with Gasteiger partial charge in [-0.1, -0.05) is 41.6 Å². The minimum Gasteiger partial charge on any atom is -0.384 e. The molecule has 0 fully saturated rings. The number of nitrogens with two attached hydrogens (primary N) is 1. The normalized spacial score (nSPS) is 10.8. The fourth-order valence-corrected chi connectivity index (χ4v) is 3.32. The van der Waals surface area contributed by atoms with Gasteiger partial charge in [-0.3, -0.25) is 5.41 Å². The number of aromatic nitrogens is 1. The highest BCUT2D eigenvalue weighted by Crippen LogP contribution is 2.33. The number of rotatable bonds is 3. The molecule has 2 aromatic carbocycles. The quantitative estimate of drug-likeness (QED) is 0.500. The van der Waals surface area contributed by atoms with Crippen LogP contribution in [0.2, 0.25) is 5.02 Å². The third-order valence-electron chi connectivity index (χ3n) is 2.96. The molecule has 0 bridgehead atoms. The van der Waals surface area contributed by atoms with Gasteiger partial charge in [0.1, 0.15) is 5.84 Å². The van der Waals surface area contributed by atoms with Crippen molar-refractivity contribution < 1.29 is 0 Å². The molecule has 0 radical (unpaired) electrons. The van der Waals surface area contributed by atoms with Crippen molar-refractivity contribution in [2.45, 2.75) is 9.92 Å². The first-order chi connectivity index (χ1) is 9.63. The third kappa shape index (κ3) is 2.53. The molecule has 3 rings (SSSR count). The predicted molar refractivity (Wildman–Crippen MR) is 84.9 cm³/mol. The molecular weight excluding hydrogens is 290 g/mol. The van der Waals surface area contributed by atoms with E-state index in [2.05, 4.69) is 17.1 Å². The Kier molecular flexibility index (Phi) is 3.42. The maximum Gasteiger partial charge on any atom is 0.123 e. The average molecular weight is 302 g/mol. The van der Waals surface area contributed by atoms with Gasteiger partial charge in [-0.25, -0.2) is 0 Å². The van der Waals surface area contributed by atoms with Crippen LogP contribution in [0.15, 0.2) is 58.5 Å². The van der Waals surface area contributed by atoms with Crippen LogP contribution < -0.4 is 5.73 Å². The Morgan fingerprint density at radius 2 is 1.95 bits per heavy atom. The van der Waals surface area contributed by atoms with Crippen LogP contribution >= 0.6 is 23.4 Å². The van der Waals surface area contributed by atoms with E-state index in [9.17, 15) is 0 Å². The van der Waals surface area contributed by atoms with Crippen LogP contribution in [0.5, 0.6) is 0 Å². The van der Waals surface area contributed by atoms with Gasteiger partial charge in [0.25, 0.3) is 0 Å². The Labute approximate surface area is 125 Å². The van der Waals surface area contributed by atoms with Crippen LogP contribution in [-0.2, 0) is 0 Å². The number of amidine groups is 1. The molecular formula is C15H12ClN3S. The standard InChI is InChI=1S/C15H12ClN3S/c16-10-5-6-11(15(17)18)13(8-10)20-14-7-9-3-1-2-4-12(9)19-14/h1-8,19H,(H3,17,18). The van der Waals surface area contributed by atoms with Gasteiger partial charge in [0.2, 0.25) is 0 Å². The van der Waals surface area contributed by atoms with E-state index in [1.54, 1.807) is 12.1 Å². The number of benzene rings is 2. The first-order valence-corrected chi connectivity index (χ1v) is 7.22. The van der Waals surface area contributed by atoms with E-state index in [0.29, 0.717) is 10.6 Å². The zero-order valence-electron chi connectivity index (χ0n) is 10.5. The topological polar surface area (TPSA) is 65.7 Å². The van der Waals surface area contributed by atoms with Crippen molar-refractivity contribution in [3.63, 3.8) is 0 Å². The Balaban J connectivity index is 2.01. The lowest BCUT2D eigenvalue weighted by Crippen LogP contribution is -2.12.